The second-order valence-electron chi connectivity index (χ2n) is 6.00. The van der Waals surface area contributed by atoms with Crippen molar-refractivity contribution in [2.45, 2.75) is 38.3 Å². The number of furan rings is 1. The average Bonchev–Trinajstić information content (AvgIpc) is 3.03. The molecule has 1 aliphatic heterocycles. The van der Waals surface area contributed by atoms with Crippen molar-refractivity contribution < 1.29 is 4.42 Å². The molecule has 1 aliphatic carbocycles. The summed E-state index contributed by atoms with van der Waals surface area (Å²) in [6.45, 7) is 2.86. The first kappa shape index (κ1) is 12.7. The fourth-order valence-electron chi connectivity index (χ4n) is 2.84. The number of rotatable bonds is 3. The molecular formula is C17H21N3O. The van der Waals surface area contributed by atoms with Crippen LogP contribution in [-0.4, -0.2) is 30.0 Å². The number of nitrogens with zero attached hydrogens (tertiary/aromatic N) is 2. The van der Waals surface area contributed by atoms with E-state index in [0.29, 0.717) is 12.6 Å². The van der Waals surface area contributed by atoms with Crippen molar-refractivity contribution in [3.8, 4) is 0 Å². The summed E-state index contributed by atoms with van der Waals surface area (Å²) in [4.78, 5) is 7.17. The Morgan fingerprint density at radius 3 is 2.81 bits per heavy atom. The van der Waals surface area contributed by atoms with Gasteiger partial charge < -0.3 is 14.6 Å². The van der Waals surface area contributed by atoms with Crippen LogP contribution in [0.2, 0.25) is 0 Å². The van der Waals surface area contributed by atoms with Gasteiger partial charge in [0.05, 0.1) is 0 Å². The lowest BCUT2D eigenvalue weighted by atomic mass is 10.2. The van der Waals surface area contributed by atoms with Gasteiger partial charge in [-0.25, -0.2) is 4.99 Å². The summed E-state index contributed by atoms with van der Waals surface area (Å²) in [7, 11) is 0. The Hall–Kier alpha value is -1.97. The molecule has 0 amide bonds. The lowest BCUT2D eigenvalue weighted by Crippen LogP contribution is -2.40. The standard InChI is InChI=1S/C17H21N3O/c1-2-6-16-13(5-1)11-15(21-16)12-18-17(19-14-7-8-14)20-9-3-4-10-20/h1-2,5-6,11,14H,3-4,7-10,12H2,(H,18,19). The highest BCUT2D eigenvalue weighted by molar-refractivity contribution is 5.81. The topological polar surface area (TPSA) is 40.8 Å². The van der Waals surface area contributed by atoms with E-state index in [4.69, 9.17) is 9.41 Å². The molecular weight excluding hydrogens is 262 g/mol. The lowest BCUT2D eigenvalue weighted by molar-refractivity contribution is 0.486. The molecule has 0 unspecified atom stereocenters. The van der Waals surface area contributed by atoms with Crippen LogP contribution in [0.25, 0.3) is 11.0 Å². The summed E-state index contributed by atoms with van der Waals surface area (Å²) >= 11 is 0. The SMILES string of the molecule is c1ccc2oc(CN=C(NC3CC3)N3CCCC3)cc2c1. The minimum Gasteiger partial charge on any atom is -0.459 e. The average molecular weight is 283 g/mol. The predicted octanol–water partition coefficient (Wildman–Crippen LogP) is 3.14. The highest BCUT2D eigenvalue weighted by atomic mass is 16.3. The van der Waals surface area contributed by atoms with Gasteiger partial charge >= 0.3 is 0 Å². The van der Waals surface area contributed by atoms with E-state index in [0.717, 1.165) is 35.8 Å². The maximum Gasteiger partial charge on any atom is 0.194 e. The van der Waals surface area contributed by atoms with Crippen molar-refractivity contribution in [2.24, 2.45) is 4.99 Å². The summed E-state index contributed by atoms with van der Waals surface area (Å²) in [5.41, 5.74) is 0.945. The zero-order chi connectivity index (χ0) is 14.1. The normalized spacial score (nSPS) is 19.4. The number of benzene rings is 1. The van der Waals surface area contributed by atoms with Gasteiger partial charge in [0.2, 0.25) is 0 Å². The zero-order valence-electron chi connectivity index (χ0n) is 12.2. The van der Waals surface area contributed by atoms with Crippen LogP contribution in [0.4, 0.5) is 0 Å². The van der Waals surface area contributed by atoms with Crippen LogP contribution >= 0.6 is 0 Å². The van der Waals surface area contributed by atoms with Gasteiger partial charge in [-0.05, 0) is 37.8 Å². The summed E-state index contributed by atoms with van der Waals surface area (Å²) in [6.07, 6.45) is 5.10. The lowest BCUT2D eigenvalue weighted by Gasteiger charge is -2.21. The number of fused-ring (bicyclic) bond motifs is 1. The van der Waals surface area contributed by atoms with Crippen LogP contribution in [0.1, 0.15) is 31.4 Å². The minimum atomic E-state index is 0.611. The largest absolute Gasteiger partial charge is 0.459 e. The fraction of sp³-hybridized carbons (Fsp3) is 0.471. The molecule has 1 N–H and O–H groups in total. The monoisotopic (exact) mass is 283 g/mol. The highest BCUT2D eigenvalue weighted by Gasteiger charge is 2.25. The molecule has 110 valence electrons. The molecule has 1 saturated carbocycles. The Bertz CT molecular complexity index is 618. The number of aliphatic imine (C=N–C) groups is 1. The van der Waals surface area contributed by atoms with Gasteiger partial charge in [-0.3, -0.25) is 0 Å². The van der Waals surface area contributed by atoms with E-state index >= 15 is 0 Å². The number of hydrogen-bond donors (Lipinski definition) is 1. The summed E-state index contributed by atoms with van der Waals surface area (Å²) in [5, 5.41) is 4.72. The summed E-state index contributed by atoms with van der Waals surface area (Å²) < 4.78 is 5.85. The van der Waals surface area contributed by atoms with E-state index in [9.17, 15) is 0 Å². The predicted molar refractivity (Wildman–Crippen MR) is 84.3 cm³/mol. The third-order valence-electron chi connectivity index (χ3n) is 4.18. The first-order valence-corrected chi connectivity index (χ1v) is 7.92. The van der Waals surface area contributed by atoms with Gasteiger partial charge in [-0.1, -0.05) is 18.2 Å². The molecule has 2 heterocycles. The maximum atomic E-state index is 5.85. The smallest absolute Gasteiger partial charge is 0.194 e. The van der Waals surface area contributed by atoms with Crippen LogP contribution in [0.15, 0.2) is 39.7 Å². The third kappa shape index (κ3) is 2.89. The molecule has 2 fully saturated rings. The Kier molecular flexibility index (Phi) is 3.30. The molecule has 0 atom stereocenters. The van der Waals surface area contributed by atoms with Crippen LogP contribution in [-0.2, 0) is 6.54 Å². The van der Waals surface area contributed by atoms with E-state index in [1.807, 2.05) is 18.2 Å². The molecule has 1 saturated heterocycles. The Morgan fingerprint density at radius 2 is 2.05 bits per heavy atom. The molecule has 0 spiro atoms. The van der Waals surface area contributed by atoms with Crippen molar-refractivity contribution in [1.82, 2.24) is 10.2 Å². The molecule has 0 radical (unpaired) electrons. The quantitative estimate of drug-likeness (QED) is 0.695. The van der Waals surface area contributed by atoms with Gasteiger partial charge in [0.1, 0.15) is 17.9 Å². The van der Waals surface area contributed by atoms with Crippen LogP contribution in [0.3, 0.4) is 0 Å². The molecule has 1 aromatic heterocycles. The van der Waals surface area contributed by atoms with Crippen molar-refractivity contribution in [3.05, 3.63) is 36.1 Å². The fourth-order valence-corrected chi connectivity index (χ4v) is 2.84. The number of likely N-dealkylation sites (tertiary alicyclic amines) is 1. The van der Waals surface area contributed by atoms with Gasteiger partial charge in [-0.2, -0.15) is 0 Å². The Balaban J connectivity index is 1.52. The van der Waals surface area contributed by atoms with Crippen LogP contribution in [0, 0.1) is 0 Å². The van der Waals surface area contributed by atoms with Gasteiger partial charge in [0.25, 0.3) is 0 Å². The van der Waals surface area contributed by atoms with E-state index in [-0.39, 0.29) is 0 Å². The summed E-state index contributed by atoms with van der Waals surface area (Å²) in [5.74, 6) is 2.00. The first-order valence-electron chi connectivity index (χ1n) is 7.92. The second kappa shape index (κ2) is 5.43. The van der Waals surface area contributed by atoms with Gasteiger partial charge in [-0.15, -0.1) is 0 Å². The number of guanidine groups is 1. The Labute approximate surface area is 124 Å². The molecule has 2 aliphatic rings. The van der Waals surface area contributed by atoms with E-state index in [1.54, 1.807) is 0 Å². The molecule has 21 heavy (non-hydrogen) atoms. The van der Waals surface area contributed by atoms with Crippen LogP contribution in [0.5, 0.6) is 0 Å². The molecule has 2 aromatic rings. The number of nitrogens with one attached hydrogen (secondary N) is 1. The third-order valence-corrected chi connectivity index (χ3v) is 4.18. The Morgan fingerprint density at radius 1 is 1.24 bits per heavy atom. The highest BCUT2D eigenvalue weighted by Crippen LogP contribution is 2.21. The van der Waals surface area contributed by atoms with Crippen molar-refractivity contribution in [3.63, 3.8) is 0 Å². The molecule has 1 aromatic carbocycles. The number of para-hydroxylation sites is 1. The van der Waals surface area contributed by atoms with E-state index < -0.39 is 0 Å². The second-order valence-corrected chi connectivity index (χ2v) is 6.00. The number of hydrogen-bond acceptors (Lipinski definition) is 2. The van der Waals surface area contributed by atoms with E-state index in [1.165, 1.54) is 25.7 Å². The zero-order valence-corrected chi connectivity index (χ0v) is 12.2. The van der Waals surface area contributed by atoms with Crippen molar-refractivity contribution in [2.75, 3.05) is 13.1 Å². The van der Waals surface area contributed by atoms with E-state index in [2.05, 4.69) is 22.3 Å². The minimum absolute atomic E-state index is 0.611. The molecule has 4 heteroatoms. The first-order chi connectivity index (χ1) is 10.4. The van der Waals surface area contributed by atoms with Gasteiger partial charge in [0.15, 0.2) is 5.96 Å². The molecule has 4 rings (SSSR count). The maximum absolute atomic E-state index is 5.85. The van der Waals surface area contributed by atoms with Crippen LogP contribution < -0.4 is 5.32 Å². The molecule has 4 nitrogen and oxygen atoms in total. The summed E-state index contributed by atoms with van der Waals surface area (Å²) in [6, 6.07) is 10.9. The van der Waals surface area contributed by atoms with Gasteiger partial charge in [0, 0.05) is 24.5 Å². The molecule has 0 bridgehead atoms. The van der Waals surface area contributed by atoms with Crippen molar-refractivity contribution in [1.29, 1.82) is 0 Å². The van der Waals surface area contributed by atoms with Crippen molar-refractivity contribution >= 4 is 16.9 Å².